The molecule has 2 rings (SSSR count). The summed E-state index contributed by atoms with van der Waals surface area (Å²) in [7, 11) is 2.04. The molecule has 4 nitrogen and oxygen atoms in total. The standard InChI is InChI=1S/C13H24N4.2ClH/c1-14-7-3-13-4-9-16(10-5-13)11-12-17-8-2-6-15-17;;/h2,6,8,13-14H,3-5,7,9-12H2,1H3;2*1H. The summed E-state index contributed by atoms with van der Waals surface area (Å²) in [4.78, 5) is 2.57. The van der Waals surface area contributed by atoms with E-state index in [2.05, 4.69) is 15.3 Å². The van der Waals surface area contributed by atoms with Crippen LogP contribution in [0.25, 0.3) is 0 Å². The summed E-state index contributed by atoms with van der Waals surface area (Å²) >= 11 is 0. The molecule has 2 heterocycles. The molecule has 6 heteroatoms. The van der Waals surface area contributed by atoms with Gasteiger partial charge in [-0.15, -0.1) is 24.8 Å². The molecule has 1 aliphatic rings. The lowest BCUT2D eigenvalue weighted by atomic mass is 9.93. The second-order valence-electron chi connectivity index (χ2n) is 4.95. The van der Waals surface area contributed by atoms with Crippen LogP contribution in [-0.4, -0.2) is 47.9 Å². The zero-order valence-electron chi connectivity index (χ0n) is 11.6. The van der Waals surface area contributed by atoms with E-state index >= 15 is 0 Å². The number of aromatic nitrogens is 2. The summed E-state index contributed by atoms with van der Waals surface area (Å²) in [5.41, 5.74) is 0. The maximum atomic E-state index is 4.24. The third kappa shape index (κ3) is 6.61. The number of likely N-dealkylation sites (tertiary alicyclic amines) is 1. The summed E-state index contributed by atoms with van der Waals surface area (Å²) in [6.45, 7) is 5.85. The molecule has 0 bridgehead atoms. The minimum absolute atomic E-state index is 0. The fourth-order valence-corrected chi connectivity index (χ4v) is 2.52. The molecule has 1 aromatic rings. The van der Waals surface area contributed by atoms with Gasteiger partial charge in [0, 0.05) is 18.9 Å². The van der Waals surface area contributed by atoms with Gasteiger partial charge in [-0.3, -0.25) is 4.68 Å². The van der Waals surface area contributed by atoms with Gasteiger partial charge in [-0.1, -0.05) is 0 Å². The predicted molar refractivity (Wildman–Crippen MR) is 84.4 cm³/mol. The lowest BCUT2D eigenvalue weighted by Gasteiger charge is -2.31. The Morgan fingerprint density at radius 2 is 1.95 bits per heavy atom. The highest BCUT2D eigenvalue weighted by Crippen LogP contribution is 2.19. The average molecular weight is 309 g/mol. The van der Waals surface area contributed by atoms with Crippen molar-refractivity contribution in [1.82, 2.24) is 20.0 Å². The molecule has 0 saturated carbocycles. The SMILES string of the molecule is CNCCC1CCN(CCn2cccn2)CC1.Cl.Cl. The highest BCUT2D eigenvalue weighted by Gasteiger charge is 2.18. The lowest BCUT2D eigenvalue weighted by molar-refractivity contribution is 0.172. The Morgan fingerprint density at radius 1 is 1.21 bits per heavy atom. The van der Waals surface area contributed by atoms with Gasteiger partial charge in [0.05, 0.1) is 6.54 Å². The number of rotatable bonds is 6. The lowest BCUT2D eigenvalue weighted by Crippen LogP contribution is -2.36. The van der Waals surface area contributed by atoms with Crippen molar-refractivity contribution < 1.29 is 0 Å². The molecule has 0 spiro atoms. The fourth-order valence-electron chi connectivity index (χ4n) is 2.52. The van der Waals surface area contributed by atoms with Crippen LogP contribution < -0.4 is 5.32 Å². The maximum Gasteiger partial charge on any atom is 0.0536 e. The van der Waals surface area contributed by atoms with Crippen LogP contribution >= 0.6 is 24.8 Å². The average Bonchev–Trinajstić information content (AvgIpc) is 2.88. The molecule has 1 fully saturated rings. The molecule has 0 atom stereocenters. The molecule has 19 heavy (non-hydrogen) atoms. The molecule has 1 saturated heterocycles. The van der Waals surface area contributed by atoms with Gasteiger partial charge in [0.15, 0.2) is 0 Å². The van der Waals surface area contributed by atoms with Crippen LogP contribution in [-0.2, 0) is 6.54 Å². The molecule has 0 aliphatic carbocycles. The van der Waals surface area contributed by atoms with Crippen molar-refractivity contribution in [3.8, 4) is 0 Å². The molecule has 1 N–H and O–H groups in total. The van der Waals surface area contributed by atoms with Gasteiger partial charge in [-0.2, -0.15) is 5.10 Å². The van der Waals surface area contributed by atoms with Crippen molar-refractivity contribution in [2.24, 2.45) is 5.92 Å². The van der Waals surface area contributed by atoms with Crippen LogP contribution in [0.3, 0.4) is 0 Å². The highest BCUT2D eigenvalue weighted by molar-refractivity contribution is 5.85. The molecule has 0 aromatic carbocycles. The zero-order chi connectivity index (χ0) is 11.9. The highest BCUT2D eigenvalue weighted by atomic mass is 35.5. The van der Waals surface area contributed by atoms with E-state index in [4.69, 9.17) is 0 Å². The summed E-state index contributed by atoms with van der Waals surface area (Å²) in [5, 5.41) is 7.48. The van der Waals surface area contributed by atoms with Crippen molar-refractivity contribution in [2.75, 3.05) is 33.2 Å². The third-order valence-electron chi connectivity index (χ3n) is 3.71. The van der Waals surface area contributed by atoms with E-state index in [1.165, 1.54) is 32.4 Å². The Labute approximate surface area is 128 Å². The molecule has 1 aliphatic heterocycles. The van der Waals surface area contributed by atoms with Gasteiger partial charge in [0.2, 0.25) is 0 Å². The van der Waals surface area contributed by atoms with Crippen LogP contribution in [0.2, 0.25) is 0 Å². The molecule has 112 valence electrons. The van der Waals surface area contributed by atoms with E-state index in [0.29, 0.717) is 0 Å². The summed E-state index contributed by atoms with van der Waals surface area (Å²) in [6, 6.07) is 1.99. The maximum absolute atomic E-state index is 4.24. The van der Waals surface area contributed by atoms with Crippen LogP contribution in [0, 0.1) is 5.92 Å². The van der Waals surface area contributed by atoms with Gasteiger partial charge in [0.25, 0.3) is 0 Å². The first kappa shape index (κ1) is 18.7. The molecule has 0 unspecified atom stereocenters. The predicted octanol–water partition coefficient (Wildman–Crippen LogP) is 2.05. The second kappa shape index (κ2) is 10.5. The van der Waals surface area contributed by atoms with E-state index < -0.39 is 0 Å². The molecular formula is C13H26Cl2N4. The first-order chi connectivity index (χ1) is 8.38. The Kier molecular flexibility index (Phi) is 10.3. The summed E-state index contributed by atoms with van der Waals surface area (Å²) < 4.78 is 2.02. The van der Waals surface area contributed by atoms with Crippen molar-refractivity contribution in [2.45, 2.75) is 25.8 Å². The molecule has 0 amide bonds. The van der Waals surface area contributed by atoms with Crippen LogP contribution in [0.5, 0.6) is 0 Å². The van der Waals surface area contributed by atoms with Crippen LogP contribution in [0.1, 0.15) is 19.3 Å². The third-order valence-corrected chi connectivity index (χ3v) is 3.71. The molecule has 0 radical (unpaired) electrons. The van der Waals surface area contributed by atoms with E-state index in [-0.39, 0.29) is 24.8 Å². The van der Waals surface area contributed by atoms with Crippen LogP contribution in [0.15, 0.2) is 18.5 Å². The zero-order valence-corrected chi connectivity index (χ0v) is 13.3. The number of halogens is 2. The Morgan fingerprint density at radius 3 is 2.53 bits per heavy atom. The Bertz CT molecular complexity index is 298. The van der Waals surface area contributed by atoms with Gasteiger partial charge in [0.1, 0.15) is 0 Å². The largest absolute Gasteiger partial charge is 0.320 e. The number of hydrogen-bond donors (Lipinski definition) is 1. The first-order valence-corrected chi connectivity index (χ1v) is 6.73. The van der Waals surface area contributed by atoms with Crippen LogP contribution in [0.4, 0.5) is 0 Å². The Hall–Kier alpha value is -0.290. The minimum Gasteiger partial charge on any atom is -0.320 e. The van der Waals surface area contributed by atoms with Crippen molar-refractivity contribution in [1.29, 1.82) is 0 Å². The number of nitrogens with one attached hydrogen (secondary N) is 1. The van der Waals surface area contributed by atoms with Crippen molar-refractivity contribution in [3.63, 3.8) is 0 Å². The van der Waals surface area contributed by atoms with Gasteiger partial charge >= 0.3 is 0 Å². The second-order valence-corrected chi connectivity index (χ2v) is 4.95. The molecular weight excluding hydrogens is 283 g/mol. The molecule has 1 aromatic heterocycles. The summed E-state index contributed by atoms with van der Waals surface area (Å²) in [6.07, 6.45) is 7.95. The number of hydrogen-bond acceptors (Lipinski definition) is 3. The normalized spacial score (nSPS) is 16.7. The van der Waals surface area contributed by atoms with Gasteiger partial charge in [-0.25, -0.2) is 0 Å². The first-order valence-electron chi connectivity index (χ1n) is 6.73. The van der Waals surface area contributed by atoms with E-state index in [1.807, 2.05) is 30.2 Å². The number of nitrogens with zero attached hydrogens (tertiary/aromatic N) is 3. The van der Waals surface area contributed by atoms with E-state index in [1.54, 1.807) is 0 Å². The van der Waals surface area contributed by atoms with Gasteiger partial charge < -0.3 is 10.2 Å². The van der Waals surface area contributed by atoms with Gasteiger partial charge in [-0.05, 0) is 57.9 Å². The fraction of sp³-hybridized carbons (Fsp3) is 0.769. The quantitative estimate of drug-likeness (QED) is 0.873. The number of piperidine rings is 1. The minimum atomic E-state index is 0. The van der Waals surface area contributed by atoms with Crippen molar-refractivity contribution >= 4 is 24.8 Å². The van der Waals surface area contributed by atoms with Crippen molar-refractivity contribution in [3.05, 3.63) is 18.5 Å². The van der Waals surface area contributed by atoms with E-state index in [9.17, 15) is 0 Å². The topological polar surface area (TPSA) is 33.1 Å². The Balaban J connectivity index is 0.00000162. The monoisotopic (exact) mass is 308 g/mol. The summed E-state index contributed by atoms with van der Waals surface area (Å²) in [5.74, 6) is 0.934. The smallest absolute Gasteiger partial charge is 0.0536 e. The van der Waals surface area contributed by atoms with E-state index in [0.717, 1.165) is 25.6 Å².